The number of ketones is 1. The fraction of sp³-hybridized carbons (Fsp3) is 0.222. The van der Waals surface area contributed by atoms with Crippen molar-refractivity contribution in [2.45, 2.75) is 13.8 Å². The third-order valence-corrected chi connectivity index (χ3v) is 1.88. The van der Waals surface area contributed by atoms with Gasteiger partial charge in [-0.3, -0.25) is 4.79 Å². The van der Waals surface area contributed by atoms with Crippen molar-refractivity contribution >= 4 is 11.5 Å². The van der Waals surface area contributed by atoms with Crippen LogP contribution in [0.4, 0.5) is 10.1 Å². The summed E-state index contributed by atoms with van der Waals surface area (Å²) in [7, 11) is 0. The Morgan fingerprint density at radius 3 is 2.62 bits per heavy atom. The topological polar surface area (TPSA) is 63.3 Å². The number of benzene rings is 1. The van der Waals surface area contributed by atoms with Crippen LogP contribution in [0.15, 0.2) is 6.07 Å². The summed E-state index contributed by atoms with van der Waals surface area (Å²) in [5, 5.41) is 9.18. The molecule has 0 fully saturated rings. The van der Waals surface area contributed by atoms with E-state index in [0.717, 1.165) is 6.07 Å². The molecule has 0 aromatic heterocycles. The Bertz CT molecular complexity index is 374. The van der Waals surface area contributed by atoms with Crippen LogP contribution < -0.4 is 5.73 Å². The highest BCUT2D eigenvalue weighted by Crippen LogP contribution is 2.28. The van der Waals surface area contributed by atoms with Gasteiger partial charge in [0.2, 0.25) is 0 Å². The molecule has 0 aliphatic carbocycles. The van der Waals surface area contributed by atoms with Crippen LogP contribution in [0, 0.1) is 12.7 Å². The van der Waals surface area contributed by atoms with Gasteiger partial charge in [-0.15, -0.1) is 0 Å². The molecule has 0 amide bonds. The molecule has 3 nitrogen and oxygen atoms in total. The van der Waals surface area contributed by atoms with Crippen molar-refractivity contribution in [3.8, 4) is 5.75 Å². The van der Waals surface area contributed by atoms with Gasteiger partial charge < -0.3 is 10.8 Å². The van der Waals surface area contributed by atoms with Crippen molar-refractivity contribution < 1.29 is 14.3 Å². The first-order valence-corrected chi connectivity index (χ1v) is 3.73. The monoisotopic (exact) mass is 183 g/mol. The molecule has 0 spiro atoms. The summed E-state index contributed by atoms with van der Waals surface area (Å²) in [6.45, 7) is 2.77. The van der Waals surface area contributed by atoms with E-state index in [0.29, 0.717) is 0 Å². The molecule has 0 heterocycles. The highest BCUT2D eigenvalue weighted by Gasteiger charge is 2.15. The van der Waals surface area contributed by atoms with Gasteiger partial charge in [-0.2, -0.15) is 0 Å². The zero-order valence-corrected chi connectivity index (χ0v) is 7.39. The maximum absolute atomic E-state index is 12.8. The second kappa shape index (κ2) is 3.05. The standard InChI is InChI=1S/C9H10FNO2/c1-4-8(5(2)12)7(11)3-6(10)9(4)13/h3,13H,11H2,1-2H3. The molecule has 70 valence electrons. The van der Waals surface area contributed by atoms with E-state index in [-0.39, 0.29) is 22.6 Å². The lowest BCUT2D eigenvalue weighted by Gasteiger charge is -2.08. The number of phenols is 1. The van der Waals surface area contributed by atoms with Crippen molar-refractivity contribution in [3.63, 3.8) is 0 Å². The van der Waals surface area contributed by atoms with Crippen molar-refractivity contribution in [1.82, 2.24) is 0 Å². The van der Waals surface area contributed by atoms with Crippen LogP contribution >= 0.6 is 0 Å². The van der Waals surface area contributed by atoms with Crippen molar-refractivity contribution in [2.24, 2.45) is 0 Å². The molecule has 0 saturated heterocycles. The van der Waals surface area contributed by atoms with Crippen LogP contribution in [0.1, 0.15) is 22.8 Å². The molecular weight excluding hydrogens is 173 g/mol. The highest BCUT2D eigenvalue weighted by molar-refractivity contribution is 6.01. The van der Waals surface area contributed by atoms with Gasteiger partial charge in [0.25, 0.3) is 0 Å². The normalized spacial score (nSPS) is 10.1. The number of halogens is 1. The third-order valence-electron chi connectivity index (χ3n) is 1.88. The van der Waals surface area contributed by atoms with Gasteiger partial charge in [0.1, 0.15) is 0 Å². The number of carbonyl (C=O) groups excluding carboxylic acids is 1. The van der Waals surface area contributed by atoms with Crippen LogP contribution in [0.5, 0.6) is 5.75 Å². The predicted molar refractivity (Wildman–Crippen MR) is 47.2 cm³/mol. The molecule has 4 heteroatoms. The third kappa shape index (κ3) is 1.47. The summed E-state index contributed by atoms with van der Waals surface area (Å²) in [6, 6.07) is 0.944. The Kier molecular flexibility index (Phi) is 2.23. The van der Waals surface area contributed by atoms with E-state index in [9.17, 15) is 14.3 Å². The zero-order chi connectivity index (χ0) is 10.2. The maximum atomic E-state index is 12.8. The Hall–Kier alpha value is -1.58. The summed E-state index contributed by atoms with van der Waals surface area (Å²) >= 11 is 0. The highest BCUT2D eigenvalue weighted by atomic mass is 19.1. The molecule has 13 heavy (non-hydrogen) atoms. The van der Waals surface area contributed by atoms with Gasteiger partial charge in [-0.25, -0.2) is 4.39 Å². The maximum Gasteiger partial charge on any atom is 0.167 e. The molecule has 0 atom stereocenters. The van der Waals surface area contributed by atoms with E-state index < -0.39 is 11.6 Å². The Morgan fingerprint density at radius 1 is 1.62 bits per heavy atom. The molecule has 0 unspecified atom stereocenters. The lowest BCUT2D eigenvalue weighted by molar-refractivity contribution is 0.101. The van der Waals surface area contributed by atoms with E-state index in [1.165, 1.54) is 13.8 Å². The molecule has 1 rings (SSSR count). The van der Waals surface area contributed by atoms with E-state index in [1.807, 2.05) is 0 Å². The Morgan fingerprint density at radius 2 is 2.15 bits per heavy atom. The molecule has 0 saturated carbocycles. The average Bonchev–Trinajstić information content (AvgIpc) is 1.99. The van der Waals surface area contributed by atoms with Gasteiger partial charge in [-0.1, -0.05) is 0 Å². The summed E-state index contributed by atoms with van der Waals surface area (Å²) in [6.07, 6.45) is 0. The first kappa shape index (κ1) is 9.51. The predicted octanol–water partition coefficient (Wildman–Crippen LogP) is 1.62. The zero-order valence-electron chi connectivity index (χ0n) is 7.39. The van der Waals surface area contributed by atoms with Crippen LogP contribution in [0.2, 0.25) is 0 Å². The smallest absolute Gasteiger partial charge is 0.167 e. The van der Waals surface area contributed by atoms with E-state index in [4.69, 9.17) is 5.73 Å². The van der Waals surface area contributed by atoms with E-state index in [2.05, 4.69) is 0 Å². The molecule has 1 aromatic carbocycles. The summed E-state index contributed by atoms with van der Waals surface area (Å²) in [4.78, 5) is 11.0. The summed E-state index contributed by atoms with van der Waals surface area (Å²) in [5.41, 5.74) is 5.84. The fourth-order valence-electron chi connectivity index (χ4n) is 1.26. The second-order valence-corrected chi connectivity index (χ2v) is 2.85. The number of carbonyl (C=O) groups is 1. The van der Waals surface area contributed by atoms with Gasteiger partial charge in [0.05, 0.1) is 0 Å². The van der Waals surface area contributed by atoms with Gasteiger partial charge in [0.15, 0.2) is 17.3 Å². The fourth-order valence-corrected chi connectivity index (χ4v) is 1.26. The summed E-state index contributed by atoms with van der Waals surface area (Å²) in [5.74, 6) is -1.61. The van der Waals surface area contributed by atoms with Crippen molar-refractivity contribution in [2.75, 3.05) is 5.73 Å². The van der Waals surface area contributed by atoms with Crippen molar-refractivity contribution in [1.29, 1.82) is 0 Å². The minimum absolute atomic E-state index is 0.0558. The minimum Gasteiger partial charge on any atom is -0.505 e. The molecule has 0 bridgehead atoms. The molecular formula is C9H10FNO2. The minimum atomic E-state index is -0.806. The SMILES string of the molecule is CC(=O)c1c(N)cc(F)c(O)c1C. The number of hydrogen-bond acceptors (Lipinski definition) is 3. The lowest BCUT2D eigenvalue weighted by Crippen LogP contribution is -2.04. The molecule has 0 aliphatic heterocycles. The average molecular weight is 183 g/mol. The first-order valence-electron chi connectivity index (χ1n) is 3.73. The van der Waals surface area contributed by atoms with Gasteiger partial charge >= 0.3 is 0 Å². The van der Waals surface area contributed by atoms with Crippen LogP contribution in [-0.2, 0) is 0 Å². The van der Waals surface area contributed by atoms with Crippen LogP contribution in [0.25, 0.3) is 0 Å². The number of anilines is 1. The molecule has 0 aliphatic rings. The van der Waals surface area contributed by atoms with Crippen LogP contribution in [-0.4, -0.2) is 10.9 Å². The number of nitrogen functional groups attached to an aromatic ring is 1. The number of aromatic hydroxyl groups is 1. The van der Waals surface area contributed by atoms with Gasteiger partial charge in [0, 0.05) is 22.9 Å². The second-order valence-electron chi connectivity index (χ2n) is 2.85. The van der Waals surface area contributed by atoms with E-state index in [1.54, 1.807) is 0 Å². The first-order chi connectivity index (χ1) is 5.95. The number of nitrogens with two attached hydrogens (primary N) is 1. The summed E-state index contributed by atoms with van der Waals surface area (Å²) < 4.78 is 12.8. The number of phenolic OH excluding ortho intramolecular Hbond substituents is 1. The van der Waals surface area contributed by atoms with Crippen LogP contribution in [0.3, 0.4) is 0 Å². The number of rotatable bonds is 1. The van der Waals surface area contributed by atoms with Crippen molar-refractivity contribution in [3.05, 3.63) is 23.0 Å². The Balaban J connectivity index is 3.53. The molecule has 0 radical (unpaired) electrons. The number of hydrogen-bond donors (Lipinski definition) is 2. The Labute approximate surface area is 75.0 Å². The number of Topliss-reactive ketones (excluding diaryl/α,β-unsaturated/α-hetero) is 1. The van der Waals surface area contributed by atoms with Gasteiger partial charge in [-0.05, 0) is 13.8 Å². The van der Waals surface area contributed by atoms with E-state index >= 15 is 0 Å². The molecule has 1 aromatic rings. The molecule has 3 N–H and O–H groups in total. The largest absolute Gasteiger partial charge is 0.505 e. The lowest BCUT2D eigenvalue weighted by atomic mass is 10.0. The quantitative estimate of drug-likeness (QED) is 0.395.